The van der Waals surface area contributed by atoms with Crippen LogP contribution in [0.2, 0.25) is 0 Å². The van der Waals surface area contributed by atoms with Gasteiger partial charge in [-0.05, 0) is 71.8 Å². The summed E-state index contributed by atoms with van der Waals surface area (Å²) in [5.74, 6) is 1.56. The summed E-state index contributed by atoms with van der Waals surface area (Å²) in [6.45, 7) is 8.38. The van der Waals surface area contributed by atoms with E-state index in [-0.39, 0.29) is 12.0 Å². The Hall–Kier alpha value is -0.960. The second kappa shape index (κ2) is 12.9. The summed E-state index contributed by atoms with van der Waals surface area (Å²) < 4.78 is 53.3. The molecule has 0 amide bonds. The van der Waals surface area contributed by atoms with E-state index >= 15 is 0 Å². The third kappa shape index (κ3) is 9.60. The van der Waals surface area contributed by atoms with Crippen molar-refractivity contribution in [1.82, 2.24) is 9.55 Å². The monoisotopic (exact) mass is 484 g/mol. The highest BCUT2D eigenvalue weighted by Crippen LogP contribution is 2.65. The molecule has 0 radical (unpaired) electrons. The van der Waals surface area contributed by atoms with E-state index in [1.54, 1.807) is 52.6 Å². The van der Waals surface area contributed by atoms with Gasteiger partial charge >= 0.3 is 18.9 Å². The van der Waals surface area contributed by atoms with E-state index in [0.29, 0.717) is 24.3 Å². The molecular weight excluding hydrogens is 449 g/mol. The van der Waals surface area contributed by atoms with E-state index in [0.717, 1.165) is 18.6 Å². The van der Waals surface area contributed by atoms with E-state index in [1.165, 1.54) is 4.57 Å². The molecular formula is C20H35F2N2O5PS. The molecule has 0 spiro atoms. The Balaban J connectivity index is 2.30. The number of unbranched alkanes of at least 4 members (excludes halogenated alkanes) is 2. The lowest BCUT2D eigenvalue weighted by atomic mass is 10.2. The van der Waals surface area contributed by atoms with Crippen LogP contribution in [0, 0.1) is 6.92 Å². The zero-order valence-electron chi connectivity index (χ0n) is 19.0. The summed E-state index contributed by atoms with van der Waals surface area (Å²) in [7, 11) is -4.54. The van der Waals surface area contributed by atoms with Gasteiger partial charge in [-0.2, -0.15) is 20.5 Å². The summed E-state index contributed by atoms with van der Waals surface area (Å²) in [6.07, 6.45) is 2.20. The Labute approximate surface area is 186 Å². The molecule has 1 heterocycles. The fraction of sp³-hybridized carbons (Fsp3) is 0.800. The molecule has 11 heteroatoms. The van der Waals surface area contributed by atoms with Crippen molar-refractivity contribution >= 4 is 19.4 Å². The zero-order chi connectivity index (χ0) is 23.7. The summed E-state index contributed by atoms with van der Waals surface area (Å²) in [5, 5.41) is 0. The summed E-state index contributed by atoms with van der Waals surface area (Å²) >= 11 is 1.66. The SMILES string of the molecule is Cc1cn(CCCCSCCCCC(F)(F)P(=O)(OC(C)C)OC(C)C)c(=O)[nH]c1=O. The Morgan fingerprint density at radius 1 is 1.06 bits per heavy atom. The lowest BCUT2D eigenvalue weighted by molar-refractivity contribution is 0.0126. The number of aromatic nitrogens is 2. The van der Waals surface area contributed by atoms with E-state index in [1.807, 2.05) is 0 Å². The van der Waals surface area contributed by atoms with Gasteiger partial charge in [-0.3, -0.25) is 14.3 Å². The van der Waals surface area contributed by atoms with Crippen LogP contribution in [0.25, 0.3) is 0 Å². The van der Waals surface area contributed by atoms with Crippen molar-refractivity contribution in [2.24, 2.45) is 0 Å². The first kappa shape index (κ1) is 28.1. The van der Waals surface area contributed by atoms with Gasteiger partial charge in [0, 0.05) is 24.7 Å². The number of aromatic amines is 1. The lowest BCUT2D eigenvalue weighted by Crippen LogP contribution is -2.30. The summed E-state index contributed by atoms with van der Waals surface area (Å²) in [6, 6.07) is 0. The number of nitrogens with zero attached hydrogens (tertiary/aromatic N) is 1. The van der Waals surface area contributed by atoms with Gasteiger partial charge in [0.1, 0.15) is 0 Å². The molecule has 1 N–H and O–H groups in total. The van der Waals surface area contributed by atoms with Crippen molar-refractivity contribution in [1.29, 1.82) is 0 Å². The normalized spacial score (nSPS) is 12.8. The molecule has 0 aromatic carbocycles. The van der Waals surface area contributed by atoms with Gasteiger partial charge in [-0.1, -0.05) is 0 Å². The Kier molecular flexibility index (Phi) is 11.7. The number of rotatable bonds is 15. The quantitative estimate of drug-likeness (QED) is 0.273. The molecule has 0 fully saturated rings. The molecule has 1 rings (SSSR count). The first-order chi connectivity index (χ1) is 14.4. The van der Waals surface area contributed by atoms with Gasteiger partial charge < -0.3 is 13.6 Å². The highest BCUT2D eigenvalue weighted by molar-refractivity contribution is 7.99. The van der Waals surface area contributed by atoms with E-state index in [9.17, 15) is 22.9 Å². The number of aryl methyl sites for hydroxylation is 2. The van der Waals surface area contributed by atoms with Gasteiger partial charge in [0.25, 0.3) is 5.56 Å². The van der Waals surface area contributed by atoms with Crippen LogP contribution in [0.4, 0.5) is 8.78 Å². The fourth-order valence-electron chi connectivity index (χ4n) is 2.79. The van der Waals surface area contributed by atoms with Crippen LogP contribution < -0.4 is 11.2 Å². The van der Waals surface area contributed by atoms with Crippen LogP contribution >= 0.6 is 19.4 Å². The van der Waals surface area contributed by atoms with Crippen molar-refractivity contribution < 1.29 is 22.4 Å². The minimum Gasteiger partial charge on any atom is -0.302 e. The lowest BCUT2D eigenvalue weighted by Gasteiger charge is -2.29. The van der Waals surface area contributed by atoms with Crippen LogP contribution in [0.1, 0.15) is 65.4 Å². The average molecular weight is 485 g/mol. The number of thioether (sulfide) groups is 1. The molecule has 0 aliphatic carbocycles. The predicted molar refractivity (Wildman–Crippen MR) is 121 cm³/mol. The number of hydrogen-bond donors (Lipinski definition) is 1. The van der Waals surface area contributed by atoms with Gasteiger partial charge in [0.2, 0.25) is 0 Å². The maximum Gasteiger partial charge on any atom is 0.400 e. The minimum atomic E-state index is -4.54. The van der Waals surface area contributed by atoms with Crippen molar-refractivity contribution in [3.8, 4) is 0 Å². The molecule has 0 aliphatic heterocycles. The first-order valence-electron chi connectivity index (χ1n) is 10.6. The maximum absolute atomic E-state index is 14.5. The molecule has 7 nitrogen and oxygen atoms in total. The Morgan fingerprint density at radius 3 is 2.16 bits per heavy atom. The number of halogens is 2. The molecule has 31 heavy (non-hydrogen) atoms. The molecule has 0 unspecified atom stereocenters. The molecule has 180 valence electrons. The van der Waals surface area contributed by atoms with Gasteiger partial charge in [-0.15, -0.1) is 0 Å². The number of hydrogen-bond acceptors (Lipinski definition) is 6. The second-order valence-corrected chi connectivity index (χ2v) is 11.3. The van der Waals surface area contributed by atoms with Gasteiger partial charge in [0.05, 0.1) is 12.2 Å². The van der Waals surface area contributed by atoms with Crippen LogP contribution in [0.15, 0.2) is 15.8 Å². The first-order valence-corrected chi connectivity index (χ1v) is 13.3. The van der Waals surface area contributed by atoms with Gasteiger partial charge in [0.15, 0.2) is 0 Å². The molecule has 0 saturated heterocycles. The minimum absolute atomic E-state index is 0.221. The summed E-state index contributed by atoms with van der Waals surface area (Å²) in [4.78, 5) is 25.3. The van der Waals surface area contributed by atoms with Crippen molar-refractivity contribution in [2.75, 3.05) is 11.5 Å². The Bertz CT molecular complexity index is 828. The standard InChI is InChI=1S/C20H35F2N2O5PS/c1-15(2)28-30(27,29-16(3)4)20(21,22)10-6-8-12-31-13-9-7-11-24-14-17(5)18(25)23-19(24)26/h14-16H,6-13H2,1-5H3,(H,23,25,26). The van der Waals surface area contributed by atoms with Crippen LogP contribution in [-0.2, 0) is 20.2 Å². The highest BCUT2D eigenvalue weighted by Gasteiger charge is 2.53. The van der Waals surface area contributed by atoms with E-state index < -0.39 is 37.6 Å². The zero-order valence-corrected chi connectivity index (χ0v) is 20.7. The van der Waals surface area contributed by atoms with Crippen LogP contribution in [-0.4, -0.2) is 38.9 Å². The predicted octanol–water partition coefficient (Wildman–Crippen LogP) is 5.16. The van der Waals surface area contributed by atoms with Crippen LogP contribution in [0.5, 0.6) is 0 Å². The van der Waals surface area contributed by atoms with Crippen molar-refractivity contribution in [3.63, 3.8) is 0 Å². The number of nitrogens with one attached hydrogen (secondary N) is 1. The van der Waals surface area contributed by atoms with E-state index in [2.05, 4.69) is 4.98 Å². The smallest absolute Gasteiger partial charge is 0.302 e. The number of alkyl halides is 2. The maximum atomic E-state index is 14.5. The third-order valence-electron chi connectivity index (χ3n) is 4.24. The molecule has 1 aromatic rings. The molecule has 0 bridgehead atoms. The van der Waals surface area contributed by atoms with Gasteiger partial charge in [-0.25, -0.2) is 4.79 Å². The molecule has 0 aliphatic rings. The topological polar surface area (TPSA) is 90.4 Å². The highest BCUT2D eigenvalue weighted by atomic mass is 32.2. The fourth-order valence-corrected chi connectivity index (χ4v) is 5.71. The van der Waals surface area contributed by atoms with Crippen LogP contribution in [0.3, 0.4) is 0 Å². The molecule has 1 aromatic heterocycles. The number of H-pyrrole nitrogens is 1. The third-order valence-corrected chi connectivity index (χ3v) is 7.82. The van der Waals surface area contributed by atoms with Crippen molar-refractivity contribution in [2.45, 2.75) is 91.1 Å². The summed E-state index contributed by atoms with van der Waals surface area (Å²) in [5.41, 5.74) is -3.81. The van der Waals surface area contributed by atoms with E-state index in [4.69, 9.17) is 9.05 Å². The largest absolute Gasteiger partial charge is 0.400 e. The molecule has 0 atom stereocenters. The Morgan fingerprint density at radius 2 is 1.61 bits per heavy atom. The average Bonchev–Trinajstić information content (AvgIpc) is 2.62. The second-order valence-electron chi connectivity index (χ2n) is 8.01. The molecule has 0 saturated carbocycles. The van der Waals surface area contributed by atoms with Crippen molar-refractivity contribution in [3.05, 3.63) is 32.6 Å².